The highest BCUT2D eigenvalue weighted by Gasteiger charge is 2.45. The van der Waals surface area contributed by atoms with Crippen molar-refractivity contribution in [3.05, 3.63) is 36.5 Å². The van der Waals surface area contributed by atoms with Gasteiger partial charge in [-0.25, -0.2) is 26.2 Å². The standard InChI is InChI=1S/C27H37FN4O8S2/c1-19(28)41(34,35)23-5-3-4-22(12-23)39-18-21(33)15-29-20-14-27(40-17-20)6-8-32(9-7-27)42(36,37)24-13-25-26(30-16-24)38-11-10-31(25)2/h3-5,12-13,16,19-21,29,33H,6-11,14-15,17-18H2,1-2H3/t19?,20-,21+/m1/s1. The number of aliphatic hydroxyl groups is 1. The van der Waals surface area contributed by atoms with E-state index in [1.807, 2.05) is 11.9 Å². The Morgan fingerprint density at radius 1 is 1.19 bits per heavy atom. The lowest BCUT2D eigenvalue weighted by Gasteiger charge is -2.38. The number of likely N-dealkylation sites (N-methyl/N-ethyl adjacent to an activating group) is 1. The highest BCUT2D eigenvalue weighted by Crippen LogP contribution is 2.38. The van der Waals surface area contributed by atoms with Crippen LogP contribution in [0.2, 0.25) is 0 Å². The van der Waals surface area contributed by atoms with Gasteiger partial charge in [-0.2, -0.15) is 4.31 Å². The van der Waals surface area contributed by atoms with Gasteiger partial charge in [0.05, 0.1) is 29.8 Å². The summed E-state index contributed by atoms with van der Waals surface area (Å²) in [5.74, 6) is 0.648. The second kappa shape index (κ2) is 12.2. The Hall–Kier alpha value is -2.56. The number of sulfonamides is 1. The summed E-state index contributed by atoms with van der Waals surface area (Å²) >= 11 is 0. The summed E-state index contributed by atoms with van der Waals surface area (Å²) in [7, 11) is -5.93. The van der Waals surface area contributed by atoms with Gasteiger partial charge in [-0.1, -0.05) is 6.07 Å². The number of benzene rings is 1. The molecule has 15 heteroatoms. The minimum Gasteiger partial charge on any atom is -0.491 e. The van der Waals surface area contributed by atoms with Gasteiger partial charge in [0.1, 0.15) is 35.7 Å². The first-order chi connectivity index (χ1) is 19.9. The highest BCUT2D eigenvalue weighted by atomic mass is 32.2. The Morgan fingerprint density at radius 2 is 1.95 bits per heavy atom. The normalized spacial score (nSPS) is 22.4. The number of sulfone groups is 1. The summed E-state index contributed by atoms with van der Waals surface area (Å²) in [5, 5.41) is 13.7. The van der Waals surface area contributed by atoms with E-state index in [2.05, 4.69) is 10.3 Å². The predicted octanol–water partition coefficient (Wildman–Crippen LogP) is 1.34. The van der Waals surface area contributed by atoms with Crippen molar-refractivity contribution in [3.8, 4) is 11.6 Å². The first kappa shape index (κ1) is 30.9. The second-order valence-electron chi connectivity index (χ2n) is 11.0. The number of piperidine rings is 1. The van der Waals surface area contributed by atoms with E-state index >= 15 is 0 Å². The van der Waals surface area contributed by atoms with Gasteiger partial charge in [0.2, 0.25) is 31.2 Å². The number of rotatable bonds is 10. The van der Waals surface area contributed by atoms with Crippen molar-refractivity contribution in [3.63, 3.8) is 0 Å². The van der Waals surface area contributed by atoms with Crippen molar-refractivity contribution in [2.75, 3.05) is 57.9 Å². The Bertz CT molecular complexity index is 1480. The molecule has 1 spiro atoms. The lowest BCUT2D eigenvalue weighted by Crippen LogP contribution is -2.47. The molecule has 3 aliphatic rings. The topological polar surface area (TPSA) is 148 Å². The molecule has 12 nitrogen and oxygen atoms in total. The zero-order valence-corrected chi connectivity index (χ0v) is 25.2. The van der Waals surface area contributed by atoms with Crippen LogP contribution in [0.1, 0.15) is 26.2 Å². The quantitative estimate of drug-likeness (QED) is 0.393. The van der Waals surface area contributed by atoms with E-state index in [0.29, 0.717) is 63.7 Å². The summed E-state index contributed by atoms with van der Waals surface area (Å²) in [4.78, 5) is 6.11. The number of nitrogens with zero attached hydrogens (tertiary/aromatic N) is 3. The molecule has 4 heterocycles. The van der Waals surface area contributed by atoms with Gasteiger partial charge < -0.3 is 29.5 Å². The third-order valence-corrected chi connectivity index (χ3v) is 11.6. The lowest BCUT2D eigenvalue weighted by molar-refractivity contribution is -0.0312. The van der Waals surface area contributed by atoms with Gasteiger partial charge in [0, 0.05) is 32.7 Å². The molecule has 1 unspecified atom stereocenters. The Labute approximate surface area is 245 Å². The largest absolute Gasteiger partial charge is 0.491 e. The van der Waals surface area contributed by atoms with E-state index < -0.39 is 37.1 Å². The van der Waals surface area contributed by atoms with Crippen LogP contribution in [-0.2, 0) is 24.6 Å². The number of anilines is 1. The molecule has 3 aliphatic heterocycles. The van der Waals surface area contributed by atoms with Crippen LogP contribution >= 0.6 is 0 Å². The molecule has 0 radical (unpaired) electrons. The van der Waals surface area contributed by atoms with Gasteiger partial charge in [0.15, 0.2) is 0 Å². The average molecular weight is 629 g/mol. The Kier molecular flexibility index (Phi) is 8.98. The number of pyridine rings is 1. The fourth-order valence-corrected chi connectivity index (χ4v) is 7.77. The van der Waals surface area contributed by atoms with Gasteiger partial charge in [-0.3, -0.25) is 0 Å². The lowest BCUT2D eigenvalue weighted by atomic mass is 9.88. The molecule has 2 aromatic rings. The molecule has 5 rings (SSSR count). The molecule has 1 aromatic heterocycles. The van der Waals surface area contributed by atoms with E-state index in [0.717, 1.165) is 6.92 Å². The maximum atomic E-state index is 13.5. The van der Waals surface area contributed by atoms with Gasteiger partial charge in [-0.15, -0.1) is 0 Å². The van der Waals surface area contributed by atoms with Crippen LogP contribution in [0.3, 0.4) is 0 Å². The van der Waals surface area contributed by atoms with Crippen molar-refractivity contribution >= 4 is 25.5 Å². The van der Waals surface area contributed by atoms with E-state index in [1.165, 1.54) is 34.8 Å². The minimum absolute atomic E-state index is 0.0253. The predicted molar refractivity (Wildman–Crippen MR) is 152 cm³/mol. The van der Waals surface area contributed by atoms with Gasteiger partial charge in [-0.05, 0) is 50.5 Å². The Balaban J connectivity index is 1.09. The number of ether oxygens (including phenoxy) is 3. The molecule has 2 fully saturated rings. The summed E-state index contributed by atoms with van der Waals surface area (Å²) in [5.41, 5.74) is -1.82. The molecule has 42 heavy (non-hydrogen) atoms. The van der Waals surface area contributed by atoms with Crippen molar-refractivity contribution in [1.82, 2.24) is 14.6 Å². The zero-order chi connectivity index (χ0) is 30.1. The molecule has 0 bridgehead atoms. The molecule has 2 N–H and O–H groups in total. The SMILES string of the molecule is CC(F)S(=O)(=O)c1cccc(OC[C@@H](O)CN[C@H]2COC3(CCN(S(=O)(=O)c4cnc5c(c4)N(C)CCO5)CC3)C2)c1. The highest BCUT2D eigenvalue weighted by molar-refractivity contribution is 7.91. The maximum Gasteiger partial charge on any atom is 0.244 e. The fraction of sp³-hybridized carbons (Fsp3) is 0.593. The smallest absolute Gasteiger partial charge is 0.244 e. The van der Waals surface area contributed by atoms with Crippen LogP contribution in [-0.4, -0.2) is 108 Å². The molecule has 0 aliphatic carbocycles. The fourth-order valence-electron chi connectivity index (χ4n) is 5.44. The van der Waals surface area contributed by atoms with E-state index in [1.54, 1.807) is 6.07 Å². The third kappa shape index (κ3) is 6.50. The molecule has 3 atom stereocenters. The molecule has 0 saturated carbocycles. The van der Waals surface area contributed by atoms with Gasteiger partial charge >= 0.3 is 0 Å². The van der Waals surface area contributed by atoms with Crippen LogP contribution < -0.4 is 19.7 Å². The summed E-state index contributed by atoms with van der Waals surface area (Å²) in [6.45, 7) is 3.33. The number of aliphatic hydroxyl groups excluding tert-OH is 1. The monoisotopic (exact) mass is 628 g/mol. The number of hydrogen-bond donors (Lipinski definition) is 2. The zero-order valence-electron chi connectivity index (χ0n) is 23.6. The summed E-state index contributed by atoms with van der Waals surface area (Å²) in [6, 6.07) is 7.12. The van der Waals surface area contributed by atoms with Crippen molar-refractivity contribution in [1.29, 1.82) is 0 Å². The average Bonchev–Trinajstić information content (AvgIpc) is 3.37. The molecular weight excluding hydrogens is 591 g/mol. The Morgan fingerprint density at radius 3 is 2.69 bits per heavy atom. The summed E-state index contributed by atoms with van der Waals surface area (Å²) < 4.78 is 83.0. The first-order valence-electron chi connectivity index (χ1n) is 13.9. The van der Waals surface area contributed by atoms with Crippen LogP contribution in [0, 0.1) is 0 Å². The van der Waals surface area contributed by atoms with Crippen LogP contribution in [0.25, 0.3) is 0 Å². The van der Waals surface area contributed by atoms with E-state index in [9.17, 15) is 26.3 Å². The van der Waals surface area contributed by atoms with E-state index in [-0.39, 0.29) is 34.7 Å². The van der Waals surface area contributed by atoms with Crippen LogP contribution in [0.15, 0.2) is 46.3 Å². The van der Waals surface area contributed by atoms with Crippen LogP contribution in [0.5, 0.6) is 11.6 Å². The van der Waals surface area contributed by atoms with Crippen LogP contribution in [0.4, 0.5) is 10.1 Å². The number of hydrogen-bond acceptors (Lipinski definition) is 11. The van der Waals surface area contributed by atoms with Crippen molar-refractivity contribution < 1.29 is 40.5 Å². The number of alkyl halides is 1. The number of halogens is 1. The van der Waals surface area contributed by atoms with Gasteiger partial charge in [0.25, 0.3) is 0 Å². The summed E-state index contributed by atoms with van der Waals surface area (Å²) in [6.07, 6.45) is 2.24. The molecule has 0 amide bonds. The molecule has 232 valence electrons. The van der Waals surface area contributed by atoms with Crippen molar-refractivity contribution in [2.45, 2.75) is 59.2 Å². The van der Waals surface area contributed by atoms with E-state index in [4.69, 9.17) is 14.2 Å². The number of aromatic nitrogens is 1. The molecule has 2 saturated heterocycles. The maximum absolute atomic E-state index is 13.5. The molecular formula is C27H37FN4O8S2. The first-order valence-corrected chi connectivity index (χ1v) is 16.9. The third-order valence-electron chi connectivity index (χ3n) is 8.01. The number of nitrogens with one attached hydrogen (secondary N) is 1. The second-order valence-corrected chi connectivity index (χ2v) is 15.1. The molecule has 1 aromatic carbocycles. The van der Waals surface area contributed by atoms with Crippen molar-refractivity contribution in [2.24, 2.45) is 0 Å². The number of fused-ring (bicyclic) bond motifs is 1. The minimum atomic E-state index is -4.09.